The van der Waals surface area contributed by atoms with Gasteiger partial charge in [-0.3, -0.25) is 4.98 Å². The fourth-order valence-corrected chi connectivity index (χ4v) is 1.44. The SMILES string of the molecule is CCCNc1cncc(NC(C)CCO)c1. The van der Waals surface area contributed by atoms with Crippen LogP contribution in [0.3, 0.4) is 0 Å². The van der Waals surface area contributed by atoms with E-state index in [0.29, 0.717) is 0 Å². The van der Waals surface area contributed by atoms with Gasteiger partial charge in [-0.25, -0.2) is 0 Å². The average molecular weight is 223 g/mol. The molecule has 1 unspecified atom stereocenters. The van der Waals surface area contributed by atoms with Gasteiger partial charge >= 0.3 is 0 Å². The number of aromatic nitrogens is 1. The first kappa shape index (κ1) is 12.8. The zero-order chi connectivity index (χ0) is 11.8. The molecule has 1 aromatic heterocycles. The molecule has 1 atom stereocenters. The zero-order valence-corrected chi connectivity index (χ0v) is 10.0. The highest BCUT2D eigenvalue weighted by Crippen LogP contribution is 2.14. The average Bonchev–Trinajstić information content (AvgIpc) is 2.27. The summed E-state index contributed by atoms with van der Waals surface area (Å²) in [6.07, 6.45) is 5.45. The molecule has 0 bridgehead atoms. The molecule has 0 spiro atoms. The van der Waals surface area contributed by atoms with Crippen LogP contribution >= 0.6 is 0 Å². The van der Waals surface area contributed by atoms with E-state index >= 15 is 0 Å². The molecule has 1 heterocycles. The molecule has 0 aromatic carbocycles. The first-order valence-corrected chi connectivity index (χ1v) is 5.82. The third-order valence-electron chi connectivity index (χ3n) is 2.29. The topological polar surface area (TPSA) is 57.2 Å². The van der Waals surface area contributed by atoms with Crippen LogP contribution in [-0.4, -0.2) is 29.3 Å². The summed E-state index contributed by atoms with van der Waals surface area (Å²) in [5.41, 5.74) is 2.02. The van der Waals surface area contributed by atoms with Gasteiger partial charge in [0, 0.05) is 19.2 Å². The molecule has 0 aliphatic carbocycles. The minimum Gasteiger partial charge on any atom is -0.396 e. The van der Waals surface area contributed by atoms with Gasteiger partial charge in [-0.1, -0.05) is 6.92 Å². The maximum Gasteiger partial charge on any atom is 0.0549 e. The molecule has 4 nitrogen and oxygen atoms in total. The summed E-state index contributed by atoms with van der Waals surface area (Å²) < 4.78 is 0. The number of nitrogens with zero attached hydrogens (tertiary/aromatic N) is 1. The van der Waals surface area contributed by atoms with E-state index in [0.717, 1.165) is 30.8 Å². The van der Waals surface area contributed by atoms with Crippen LogP contribution in [0.25, 0.3) is 0 Å². The van der Waals surface area contributed by atoms with Crippen molar-refractivity contribution in [1.82, 2.24) is 4.98 Å². The van der Waals surface area contributed by atoms with E-state index in [2.05, 4.69) is 22.5 Å². The van der Waals surface area contributed by atoms with E-state index in [-0.39, 0.29) is 12.6 Å². The molecule has 0 aliphatic rings. The van der Waals surface area contributed by atoms with Crippen molar-refractivity contribution in [2.75, 3.05) is 23.8 Å². The number of rotatable bonds is 7. The van der Waals surface area contributed by atoms with Crippen molar-refractivity contribution in [3.8, 4) is 0 Å². The number of hydrogen-bond donors (Lipinski definition) is 3. The molecule has 90 valence electrons. The van der Waals surface area contributed by atoms with Crippen LogP contribution in [0.2, 0.25) is 0 Å². The van der Waals surface area contributed by atoms with E-state index in [1.807, 2.05) is 19.2 Å². The van der Waals surface area contributed by atoms with Gasteiger partial charge in [-0.2, -0.15) is 0 Å². The van der Waals surface area contributed by atoms with Crippen molar-refractivity contribution in [3.05, 3.63) is 18.5 Å². The Hall–Kier alpha value is -1.29. The Labute approximate surface area is 97.1 Å². The standard InChI is InChI=1S/C12H21N3O/c1-3-5-14-11-7-12(9-13-8-11)15-10(2)4-6-16/h7-10,14-16H,3-6H2,1-2H3. The highest BCUT2D eigenvalue weighted by Gasteiger charge is 2.01. The first-order valence-electron chi connectivity index (χ1n) is 5.82. The first-order chi connectivity index (χ1) is 7.76. The predicted molar refractivity (Wildman–Crippen MR) is 67.8 cm³/mol. The Kier molecular flexibility index (Phi) is 5.64. The second kappa shape index (κ2) is 7.06. The normalized spacial score (nSPS) is 12.2. The molecule has 0 saturated heterocycles. The molecule has 0 saturated carbocycles. The fraction of sp³-hybridized carbons (Fsp3) is 0.583. The van der Waals surface area contributed by atoms with Gasteiger partial charge in [0.1, 0.15) is 0 Å². The third-order valence-corrected chi connectivity index (χ3v) is 2.29. The van der Waals surface area contributed by atoms with Crippen LogP contribution in [0.1, 0.15) is 26.7 Å². The van der Waals surface area contributed by atoms with Gasteiger partial charge < -0.3 is 15.7 Å². The van der Waals surface area contributed by atoms with Crippen molar-refractivity contribution in [1.29, 1.82) is 0 Å². The molecule has 0 aliphatic heterocycles. The number of anilines is 2. The van der Waals surface area contributed by atoms with Crippen LogP contribution in [-0.2, 0) is 0 Å². The molecule has 0 fully saturated rings. The minimum absolute atomic E-state index is 0.204. The Bertz CT molecular complexity index is 304. The van der Waals surface area contributed by atoms with E-state index < -0.39 is 0 Å². The van der Waals surface area contributed by atoms with Gasteiger partial charge in [-0.15, -0.1) is 0 Å². The van der Waals surface area contributed by atoms with Crippen LogP contribution in [0, 0.1) is 0 Å². The van der Waals surface area contributed by atoms with Crippen molar-refractivity contribution >= 4 is 11.4 Å². The summed E-state index contributed by atoms with van der Waals surface area (Å²) in [6.45, 7) is 5.33. The van der Waals surface area contributed by atoms with Crippen molar-refractivity contribution < 1.29 is 5.11 Å². The summed E-state index contributed by atoms with van der Waals surface area (Å²) in [5, 5.41) is 15.4. The quantitative estimate of drug-likeness (QED) is 0.662. The lowest BCUT2D eigenvalue weighted by molar-refractivity contribution is 0.282. The van der Waals surface area contributed by atoms with Crippen LogP contribution in [0.15, 0.2) is 18.5 Å². The summed E-state index contributed by atoms with van der Waals surface area (Å²) in [5.74, 6) is 0. The largest absolute Gasteiger partial charge is 0.396 e. The van der Waals surface area contributed by atoms with Gasteiger partial charge in [0.05, 0.1) is 23.8 Å². The molecular formula is C12H21N3O. The highest BCUT2D eigenvalue weighted by atomic mass is 16.3. The lowest BCUT2D eigenvalue weighted by Gasteiger charge is -2.14. The molecule has 1 rings (SSSR count). The summed E-state index contributed by atoms with van der Waals surface area (Å²) in [7, 11) is 0. The molecule has 16 heavy (non-hydrogen) atoms. The van der Waals surface area contributed by atoms with Crippen LogP contribution < -0.4 is 10.6 Å². The summed E-state index contributed by atoms with van der Waals surface area (Å²) in [4.78, 5) is 4.16. The fourth-order valence-electron chi connectivity index (χ4n) is 1.44. The Morgan fingerprint density at radius 2 is 2.12 bits per heavy atom. The van der Waals surface area contributed by atoms with Crippen molar-refractivity contribution in [3.63, 3.8) is 0 Å². The Morgan fingerprint density at radius 3 is 2.81 bits per heavy atom. The van der Waals surface area contributed by atoms with Gasteiger partial charge in [0.25, 0.3) is 0 Å². The van der Waals surface area contributed by atoms with E-state index in [1.165, 1.54) is 0 Å². The van der Waals surface area contributed by atoms with E-state index in [9.17, 15) is 0 Å². The van der Waals surface area contributed by atoms with Gasteiger partial charge in [0.15, 0.2) is 0 Å². The number of hydrogen-bond acceptors (Lipinski definition) is 4. The lowest BCUT2D eigenvalue weighted by atomic mass is 10.2. The maximum atomic E-state index is 8.82. The van der Waals surface area contributed by atoms with Gasteiger partial charge in [-0.05, 0) is 25.8 Å². The minimum atomic E-state index is 0.204. The molecular weight excluding hydrogens is 202 g/mol. The number of aliphatic hydroxyl groups is 1. The number of pyridine rings is 1. The number of aliphatic hydroxyl groups excluding tert-OH is 1. The molecule has 3 N–H and O–H groups in total. The van der Waals surface area contributed by atoms with Crippen LogP contribution in [0.5, 0.6) is 0 Å². The Morgan fingerprint density at radius 1 is 1.38 bits per heavy atom. The van der Waals surface area contributed by atoms with Crippen LogP contribution in [0.4, 0.5) is 11.4 Å². The molecule has 1 aromatic rings. The molecule has 0 amide bonds. The monoisotopic (exact) mass is 223 g/mol. The highest BCUT2D eigenvalue weighted by molar-refractivity contribution is 5.54. The molecule has 4 heteroatoms. The zero-order valence-electron chi connectivity index (χ0n) is 10.0. The molecule has 0 radical (unpaired) electrons. The van der Waals surface area contributed by atoms with E-state index in [4.69, 9.17) is 5.11 Å². The van der Waals surface area contributed by atoms with Crippen molar-refractivity contribution in [2.24, 2.45) is 0 Å². The second-order valence-electron chi connectivity index (χ2n) is 3.95. The lowest BCUT2D eigenvalue weighted by Crippen LogP contribution is -2.16. The smallest absolute Gasteiger partial charge is 0.0549 e. The van der Waals surface area contributed by atoms with Gasteiger partial charge in [0.2, 0.25) is 0 Å². The second-order valence-corrected chi connectivity index (χ2v) is 3.95. The Balaban J connectivity index is 2.52. The number of nitrogens with one attached hydrogen (secondary N) is 2. The maximum absolute atomic E-state index is 8.82. The van der Waals surface area contributed by atoms with Crippen molar-refractivity contribution in [2.45, 2.75) is 32.7 Å². The summed E-state index contributed by atoms with van der Waals surface area (Å²) >= 11 is 0. The summed E-state index contributed by atoms with van der Waals surface area (Å²) in [6, 6.07) is 2.30. The predicted octanol–water partition coefficient (Wildman–Crippen LogP) is 2.09. The third kappa shape index (κ3) is 4.49. The van der Waals surface area contributed by atoms with E-state index in [1.54, 1.807) is 6.20 Å².